The molecule has 1 unspecified atom stereocenters. The van der Waals surface area contributed by atoms with Gasteiger partial charge in [-0.25, -0.2) is 14.1 Å². The maximum absolute atomic E-state index is 14.1. The Labute approximate surface area is 149 Å². The quantitative estimate of drug-likeness (QED) is 0.789. The van der Waals surface area contributed by atoms with Gasteiger partial charge in [-0.3, -0.25) is 4.79 Å². The molecule has 5 rings (SSSR count). The molecule has 7 heteroatoms. The van der Waals surface area contributed by atoms with Crippen LogP contribution in [0.2, 0.25) is 0 Å². The van der Waals surface area contributed by atoms with Gasteiger partial charge in [-0.1, -0.05) is 12.1 Å². The van der Waals surface area contributed by atoms with Gasteiger partial charge in [0.05, 0.1) is 24.3 Å². The van der Waals surface area contributed by atoms with Gasteiger partial charge >= 0.3 is 0 Å². The molecular formula is C19H18FN5O. The zero-order valence-electron chi connectivity index (χ0n) is 14.2. The van der Waals surface area contributed by atoms with E-state index in [0.717, 1.165) is 49.2 Å². The Morgan fingerprint density at radius 3 is 3.00 bits per heavy atom. The van der Waals surface area contributed by atoms with E-state index in [9.17, 15) is 9.18 Å². The fourth-order valence-corrected chi connectivity index (χ4v) is 4.04. The molecule has 0 spiro atoms. The molecule has 0 saturated carbocycles. The van der Waals surface area contributed by atoms with Crippen LogP contribution in [0.15, 0.2) is 36.8 Å². The first kappa shape index (κ1) is 15.3. The molecule has 0 bridgehead atoms. The fraction of sp³-hybridized carbons (Fsp3) is 0.316. The molecular weight excluding hydrogens is 333 g/mol. The molecule has 1 aliphatic carbocycles. The van der Waals surface area contributed by atoms with Gasteiger partial charge in [-0.15, -0.1) is 0 Å². The molecule has 1 amide bonds. The Morgan fingerprint density at radius 2 is 2.12 bits per heavy atom. The van der Waals surface area contributed by atoms with Crippen LogP contribution in [0.5, 0.6) is 0 Å². The standard InChI is InChI=1S/C19H18FN5O/c20-13-4-1-2-5-16(13)25-15-8-7-14(12(15)10-22-25)23-19(26)18-17-6-3-9-24(17)11-21-18/h1-2,4-5,10-11,14H,3,6-9H2,(H,23,26). The van der Waals surface area contributed by atoms with Crippen molar-refractivity contribution in [1.29, 1.82) is 0 Å². The minimum Gasteiger partial charge on any atom is -0.344 e. The number of para-hydroxylation sites is 1. The van der Waals surface area contributed by atoms with Crippen molar-refractivity contribution in [1.82, 2.24) is 24.6 Å². The average molecular weight is 351 g/mol. The Morgan fingerprint density at radius 1 is 1.23 bits per heavy atom. The number of aromatic nitrogens is 4. The normalized spacial score (nSPS) is 18.0. The molecule has 3 heterocycles. The van der Waals surface area contributed by atoms with Crippen LogP contribution >= 0.6 is 0 Å². The van der Waals surface area contributed by atoms with Gasteiger partial charge in [0.25, 0.3) is 5.91 Å². The van der Waals surface area contributed by atoms with E-state index in [1.165, 1.54) is 6.07 Å². The van der Waals surface area contributed by atoms with E-state index in [1.807, 2.05) is 4.57 Å². The fourth-order valence-electron chi connectivity index (χ4n) is 4.04. The molecule has 1 aliphatic heterocycles. The Bertz CT molecular complexity index is 1010. The third-order valence-corrected chi connectivity index (χ3v) is 5.31. The van der Waals surface area contributed by atoms with Crippen LogP contribution in [0.25, 0.3) is 5.69 Å². The first-order chi connectivity index (χ1) is 12.7. The largest absolute Gasteiger partial charge is 0.344 e. The maximum atomic E-state index is 14.1. The van der Waals surface area contributed by atoms with Crippen molar-refractivity contribution in [2.45, 2.75) is 38.3 Å². The number of carbonyl (C=O) groups excluding carboxylic acids is 1. The molecule has 1 N–H and O–H groups in total. The van der Waals surface area contributed by atoms with Crippen LogP contribution in [0, 0.1) is 5.82 Å². The first-order valence-electron chi connectivity index (χ1n) is 8.89. The van der Waals surface area contributed by atoms with Crippen LogP contribution in [0.4, 0.5) is 4.39 Å². The SMILES string of the molecule is O=C(NC1CCc2c1cnn2-c1ccccc1F)c1ncn2c1CCC2. The molecule has 26 heavy (non-hydrogen) atoms. The highest BCUT2D eigenvalue weighted by atomic mass is 19.1. The second-order valence-electron chi connectivity index (χ2n) is 6.81. The number of benzene rings is 1. The first-order valence-corrected chi connectivity index (χ1v) is 8.89. The number of hydrogen-bond donors (Lipinski definition) is 1. The van der Waals surface area contributed by atoms with Crippen molar-refractivity contribution in [3.8, 4) is 5.69 Å². The second kappa shape index (κ2) is 5.79. The van der Waals surface area contributed by atoms with Gasteiger partial charge in [0.15, 0.2) is 0 Å². The minimum absolute atomic E-state index is 0.114. The molecule has 132 valence electrons. The summed E-state index contributed by atoms with van der Waals surface area (Å²) in [6.07, 6.45) is 6.95. The number of nitrogens with one attached hydrogen (secondary N) is 1. The summed E-state index contributed by atoms with van der Waals surface area (Å²) in [4.78, 5) is 17.0. The third-order valence-electron chi connectivity index (χ3n) is 5.31. The number of nitrogens with zero attached hydrogens (tertiary/aromatic N) is 4. The number of imidazole rings is 1. The van der Waals surface area contributed by atoms with Crippen molar-refractivity contribution < 1.29 is 9.18 Å². The number of rotatable bonds is 3. The summed E-state index contributed by atoms with van der Waals surface area (Å²) < 4.78 is 17.8. The summed E-state index contributed by atoms with van der Waals surface area (Å²) in [6, 6.07) is 6.48. The molecule has 0 fully saturated rings. The van der Waals surface area contributed by atoms with Gasteiger partial charge in [0, 0.05) is 17.8 Å². The summed E-state index contributed by atoms with van der Waals surface area (Å²) in [5.41, 5.74) is 3.89. The van der Waals surface area contributed by atoms with Crippen LogP contribution in [0.1, 0.15) is 46.3 Å². The lowest BCUT2D eigenvalue weighted by atomic mass is 10.1. The number of halogens is 1. The highest BCUT2D eigenvalue weighted by molar-refractivity contribution is 5.93. The average Bonchev–Trinajstić information content (AvgIpc) is 3.37. The number of carbonyl (C=O) groups is 1. The molecule has 0 radical (unpaired) electrons. The molecule has 0 saturated heterocycles. The van der Waals surface area contributed by atoms with Gasteiger partial charge in [-0.05, 0) is 37.8 Å². The highest BCUT2D eigenvalue weighted by Crippen LogP contribution is 2.33. The smallest absolute Gasteiger partial charge is 0.272 e. The van der Waals surface area contributed by atoms with Gasteiger partial charge in [0.2, 0.25) is 0 Å². The Balaban J connectivity index is 1.41. The highest BCUT2D eigenvalue weighted by Gasteiger charge is 2.31. The van der Waals surface area contributed by atoms with E-state index in [2.05, 4.69) is 15.4 Å². The number of aryl methyl sites for hydroxylation is 1. The summed E-state index contributed by atoms with van der Waals surface area (Å²) in [6.45, 7) is 0.929. The van der Waals surface area contributed by atoms with E-state index in [4.69, 9.17) is 0 Å². The van der Waals surface area contributed by atoms with Crippen molar-refractivity contribution in [2.24, 2.45) is 0 Å². The second-order valence-corrected chi connectivity index (χ2v) is 6.81. The number of hydrogen-bond acceptors (Lipinski definition) is 3. The Kier molecular flexibility index (Phi) is 3.41. The van der Waals surface area contributed by atoms with Crippen LogP contribution in [-0.4, -0.2) is 25.2 Å². The summed E-state index contributed by atoms with van der Waals surface area (Å²) >= 11 is 0. The number of amides is 1. The van der Waals surface area contributed by atoms with Gasteiger partial charge in [0.1, 0.15) is 17.2 Å². The van der Waals surface area contributed by atoms with Crippen molar-refractivity contribution in [2.75, 3.05) is 0 Å². The molecule has 1 atom stereocenters. The topological polar surface area (TPSA) is 64.7 Å². The number of fused-ring (bicyclic) bond motifs is 2. The zero-order valence-corrected chi connectivity index (χ0v) is 14.2. The third kappa shape index (κ3) is 2.27. The molecule has 3 aromatic rings. The lowest BCUT2D eigenvalue weighted by Crippen LogP contribution is -2.28. The predicted molar refractivity (Wildman–Crippen MR) is 92.6 cm³/mol. The van der Waals surface area contributed by atoms with E-state index in [0.29, 0.717) is 11.4 Å². The minimum atomic E-state index is -0.306. The van der Waals surface area contributed by atoms with Gasteiger partial charge < -0.3 is 9.88 Å². The predicted octanol–water partition coefficient (Wildman–Crippen LogP) is 2.57. The summed E-state index contributed by atoms with van der Waals surface area (Å²) in [5, 5.41) is 7.44. The van der Waals surface area contributed by atoms with Crippen LogP contribution in [-0.2, 0) is 19.4 Å². The van der Waals surface area contributed by atoms with Crippen LogP contribution < -0.4 is 5.32 Å². The molecule has 2 aliphatic rings. The zero-order chi connectivity index (χ0) is 17.7. The van der Waals surface area contributed by atoms with Crippen molar-refractivity contribution in [3.05, 3.63) is 65.3 Å². The lowest BCUT2D eigenvalue weighted by Gasteiger charge is -2.11. The Hall–Kier alpha value is -2.96. The lowest BCUT2D eigenvalue weighted by molar-refractivity contribution is 0.0931. The van der Waals surface area contributed by atoms with E-state index in [1.54, 1.807) is 35.4 Å². The van der Waals surface area contributed by atoms with E-state index >= 15 is 0 Å². The van der Waals surface area contributed by atoms with Crippen LogP contribution in [0.3, 0.4) is 0 Å². The van der Waals surface area contributed by atoms with Gasteiger partial charge in [-0.2, -0.15) is 5.10 Å². The monoisotopic (exact) mass is 351 g/mol. The summed E-state index contributed by atoms with van der Waals surface area (Å²) in [7, 11) is 0. The van der Waals surface area contributed by atoms with E-state index in [-0.39, 0.29) is 17.8 Å². The molecule has 2 aromatic heterocycles. The molecule has 1 aromatic carbocycles. The summed E-state index contributed by atoms with van der Waals surface area (Å²) in [5.74, 6) is -0.448. The maximum Gasteiger partial charge on any atom is 0.272 e. The molecule has 6 nitrogen and oxygen atoms in total. The van der Waals surface area contributed by atoms with Crippen molar-refractivity contribution >= 4 is 5.91 Å². The van der Waals surface area contributed by atoms with E-state index < -0.39 is 0 Å². The van der Waals surface area contributed by atoms with Crippen molar-refractivity contribution in [3.63, 3.8) is 0 Å².